The molecule has 0 aromatic heterocycles. The van der Waals surface area contributed by atoms with Gasteiger partial charge in [-0.15, -0.1) is 0 Å². The molecule has 5 nitrogen and oxygen atoms in total. The number of aromatic carboxylic acids is 1. The highest BCUT2D eigenvalue weighted by molar-refractivity contribution is 5.93. The molecule has 0 spiro atoms. The molecule has 1 aromatic rings. The minimum atomic E-state index is -0.999. The normalized spacial score (nSPS) is 13.7. The third kappa shape index (κ3) is 3.30. The number of unbranched alkanes of at least 4 members (excludes halogenated alkanes) is 1. The van der Waals surface area contributed by atoms with Crippen LogP contribution in [0.1, 0.15) is 36.5 Å². The van der Waals surface area contributed by atoms with Gasteiger partial charge in [-0.25, -0.2) is 4.79 Å². The molecule has 0 aliphatic carbocycles. The molecule has 19 heavy (non-hydrogen) atoms. The standard InChI is InChI=1S/C14H19NO4/c1-2-3-5-15-10-8-11(14(16)17)13-12(9-10)18-6-4-7-19-13/h8-9,15H,2-7H2,1H3,(H,16,17). The highest BCUT2D eigenvalue weighted by Gasteiger charge is 2.20. The lowest BCUT2D eigenvalue weighted by atomic mass is 10.1. The van der Waals surface area contributed by atoms with Crippen LogP contribution in [0, 0.1) is 0 Å². The fraction of sp³-hybridized carbons (Fsp3) is 0.500. The van der Waals surface area contributed by atoms with Crippen molar-refractivity contribution in [3.8, 4) is 11.5 Å². The maximum atomic E-state index is 11.3. The van der Waals surface area contributed by atoms with Gasteiger partial charge in [-0.2, -0.15) is 0 Å². The average molecular weight is 265 g/mol. The molecule has 1 aliphatic rings. The number of rotatable bonds is 5. The predicted molar refractivity (Wildman–Crippen MR) is 72.4 cm³/mol. The molecule has 1 aromatic carbocycles. The van der Waals surface area contributed by atoms with Crippen molar-refractivity contribution in [2.24, 2.45) is 0 Å². The topological polar surface area (TPSA) is 67.8 Å². The van der Waals surface area contributed by atoms with Crippen molar-refractivity contribution in [2.45, 2.75) is 26.2 Å². The Balaban J connectivity index is 2.29. The fourth-order valence-electron chi connectivity index (χ4n) is 1.94. The number of anilines is 1. The van der Waals surface area contributed by atoms with Crippen molar-refractivity contribution >= 4 is 11.7 Å². The Morgan fingerprint density at radius 1 is 1.37 bits per heavy atom. The minimum absolute atomic E-state index is 0.151. The molecule has 0 bridgehead atoms. The summed E-state index contributed by atoms with van der Waals surface area (Å²) < 4.78 is 11.0. The maximum absolute atomic E-state index is 11.3. The SMILES string of the molecule is CCCCNc1cc2c(c(C(=O)O)c1)OCCCO2. The number of nitrogens with one attached hydrogen (secondary N) is 1. The zero-order valence-corrected chi connectivity index (χ0v) is 11.1. The number of carboxylic acids is 1. The predicted octanol–water partition coefficient (Wildman–Crippen LogP) is 2.76. The van der Waals surface area contributed by atoms with Gasteiger partial charge in [-0.1, -0.05) is 13.3 Å². The molecular weight excluding hydrogens is 246 g/mol. The van der Waals surface area contributed by atoms with E-state index < -0.39 is 5.97 Å². The lowest BCUT2D eigenvalue weighted by Gasteiger charge is -2.13. The van der Waals surface area contributed by atoms with Gasteiger partial charge in [-0.3, -0.25) is 0 Å². The van der Waals surface area contributed by atoms with Crippen LogP contribution in [0.5, 0.6) is 11.5 Å². The van der Waals surface area contributed by atoms with E-state index in [1.165, 1.54) is 0 Å². The molecule has 0 fully saturated rings. The van der Waals surface area contributed by atoms with Crippen molar-refractivity contribution in [1.82, 2.24) is 0 Å². The van der Waals surface area contributed by atoms with Crippen LogP contribution in [0.4, 0.5) is 5.69 Å². The summed E-state index contributed by atoms with van der Waals surface area (Å²) in [6, 6.07) is 3.41. The number of benzene rings is 1. The lowest BCUT2D eigenvalue weighted by molar-refractivity contribution is 0.0692. The first-order valence-electron chi connectivity index (χ1n) is 6.63. The molecule has 1 aliphatic heterocycles. The van der Waals surface area contributed by atoms with E-state index in [0.29, 0.717) is 24.7 Å². The summed E-state index contributed by atoms with van der Waals surface area (Å²) in [7, 11) is 0. The molecule has 0 saturated carbocycles. The molecule has 2 N–H and O–H groups in total. The van der Waals surface area contributed by atoms with Crippen LogP contribution in [-0.4, -0.2) is 30.8 Å². The minimum Gasteiger partial charge on any atom is -0.489 e. The Kier molecular flexibility index (Phi) is 4.49. The molecule has 0 radical (unpaired) electrons. The first-order chi connectivity index (χ1) is 9.22. The molecule has 0 atom stereocenters. The molecule has 104 valence electrons. The number of carbonyl (C=O) groups is 1. The number of carboxylic acid groups (broad SMARTS) is 1. The fourth-order valence-corrected chi connectivity index (χ4v) is 1.94. The van der Waals surface area contributed by atoms with Crippen LogP contribution in [0.2, 0.25) is 0 Å². The first-order valence-corrected chi connectivity index (χ1v) is 6.63. The molecule has 0 saturated heterocycles. The van der Waals surface area contributed by atoms with Gasteiger partial charge in [0, 0.05) is 24.7 Å². The molecule has 5 heteroatoms. The van der Waals surface area contributed by atoms with Crippen molar-refractivity contribution in [1.29, 1.82) is 0 Å². The summed E-state index contributed by atoms with van der Waals surface area (Å²) >= 11 is 0. The molecule has 0 amide bonds. The monoisotopic (exact) mass is 265 g/mol. The van der Waals surface area contributed by atoms with Crippen molar-refractivity contribution in [3.05, 3.63) is 17.7 Å². The summed E-state index contributed by atoms with van der Waals surface area (Å²) in [4.78, 5) is 11.3. The van der Waals surface area contributed by atoms with Crippen LogP contribution < -0.4 is 14.8 Å². The Labute approximate surface area is 112 Å². The lowest BCUT2D eigenvalue weighted by Crippen LogP contribution is -2.06. The van der Waals surface area contributed by atoms with E-state index in [0.717, 1.165) is 31.5 Å². The second-order valence-corrected chi connectivity index (χ2v) is 4.49. The summed E-state index contributed by atoms with van der Waals surface area (Å²) in [5.74, 6) is -0.150. The van der Waals surface area contributed by atoms with Crippen LogP contribution in [0.15, 0.2) is 12.1 Å². The van der Waals surface area contributed by atoms with E-state index in [1.807, 2.05) is 6.07 Å². The first kappa shape index (κ1) is 13.5. The Hall–Kier alpha value is -1.91. The van der Waals surface area contributed by atoms with Crippen molar-refractivity contribution in [2.75, 3.05) is 25.1 Å². The molecule has 2 rings (SSSR count). The van der Waals surface area contributed by atoms with Gasteiger partial charge in [0.15, 0.2) is 11.5 Å². The molecule has 1 heterocycles. The van der Waals surface area contributed by atoms with Crippen molar-refractivity contribution in [3.63, 3.8) is 0 Å². The van der Waals surface area contributed by atoms with E-state index in [9.17, 15) is 9.90 Å². The number of hydrogen-bond acceptors (Lipinski definition) is 4. The van der Waals surface area contributed by atoms with E-state index in [1.54, 1.807) is 6.07 Å². The molecular formula is C14H19NO4. The Bertz CT molecular complexity index is 459. The average Bonchev–Trinajstić information content (AvgIpc) is 2.63. The largest absolute Gasteiger partial charge is 0.489 e. The summed E-state index contributed by atoms with van der Waals surface area (Å²) in [6.07, 6.45) is 2.88. The Morgan fingerprint density at radius 2 is 2.16 bits per heavy atom. The second-order valence-electron chi connectivity index (χ2n) is 4.49. The van der Waals surface area contributed by atoms with Crippen LogP contribution in [0.3, 0.4) is 0 Å². The number of fused-ring (bicyclic) bond motifs is 1. The smallest absolute Gasteiger partial charge is 0.339 e. The van der Waals surface area contributed by atoms with E-state index >= 15 is 0 Å². The third-order valence-corrected chi connectivity index (χ3v) is 2.94. The summed E-state index contributed by atoms with van der Waals surface area (Å²) in [5, 5.41) is 12.5. The van der Waals surface area contributed by atoms with E-state index in [-0.39, 0.29) is 5.56 Å². The van der Waals surface area contributed by atoms with Gasteiger partial charge < -0.3 is 19.9 Å². The van der Waals surface area contributed by atoms with E-state index in [2.05, 4.69) is 12.2 Å². The van der Waals surface area contributed by atoms with Crippen LogP contribution in [0.25, 0.3) is 0 Å². The van der Waals surface area contributed by atoms with Crippen LogP contribution in [-0.2, 0) is 0 Å². The summed E-state index contributed by atoms with van der Waals surface area (Å²) in [6.45, 7) is 3.95. The third-order valence-electron chi connectivity index (χ3n) is 2.94. The summed E-state index contributed by atoms with van der Waals surface area (Å²) in [5.41, 5.74) is 0.911. The van der Waals surface area contributed by atoms with Gasteiger partial charge in [-0.05, 0) is 12.5 Å². The van der Waals surface area contributed by atoms with Gasteiger partial charge in [0.25, 0.3) is 0 Å². The van der Waals surface area contributed by atoms with E-state index in [4.69, 9.17) is 9.47 Å². The highest BCUT2D eigenvalue weighted by atomic mass is 16.5. The quantitative estimate of drug-likeness (QED) is 0.801. The van der Waals surface area contributed by atoms with Gasteiger partial charge in [0.1, 0.15) is 5.56 Å². The van der Waals surface area contributed by atoms with Gasteiger partial charge in [0.2, 0.25) is 0 Å². The van der Waals surface area contributed by atoms with Crippen LogP contribution >= 0.6 is 0 Å². The number of hydrogen-bond donors (Lipinski definition) is 2. The zero-order valence-electron chi connectivity index (χ0n) is 11.1. The zero-order chi connectivity index (χ0) is 13.7. The highest BCUT2D eigenvalue weighted by Crippen LogP contribution is 2.36. The maximum Gasteiger partial charge on any atom is 0.339 e. The second kappa shape index (κ2) is 6.31. The Morgan fingerprint density at radius 3 is 2.89 bits per heavy atom. The van der Waals surface area contributed by atoms with Crippen molar-refractivity contribution < 1.29 is 19.4 Å². The van der Waals surface area contributed by atoms with Gasteiger partial charge in [0.05, 0.1) is 13.2 Å². The number of ether oxygens (including phenoxy) is 2. The van der Waals surface area contributed by atoms with Gasteiger partial charge >= 0.3 is 5.97 Å². The molecule has 0 unspecified atom stereocenters.